The standard InChI is InChI=1S/C8H10N4O/c1-12-7(13)2-6-5(3-9)4-10-8(6)11-12/h2,4H,3,9H2,1H3,(H,10,11). The van der Waals surface area contributed by atoms with Gasteiger partial charge in [-0.25, -0.2) is 4.68 Å². The third kappa shape index (κ3) is 1.13. The smallest absolute Gasteiger partial charge is 0.267 e. The summed E-state index contributed by atoms with van der Waals surface area (Å²) in [5.41, 5.74) is 6.98. The predicted molar refractivity (Wildman–Crippen MR) is 49.2 cm³/mol. The van der Waals surface area contributed by atoms with Crippen LogP contribution in [-0.2, 0) is 13.6 Å². The molecule has 0 aliphatic carbocycles. The highest BCUT2D eigenvalue weighted by Gasteiger charge is 2.04. The summed E-state index contributed by atoms with van der Waals surface area (Å²) in [5.74, 6) is 0. The lowest BCUT2D eigenvalue weighted by atomic mass is 10.2. The molecular weight excluding hydrogens is 168 g/mol. The van der Waals surface area contributed by atoms with Crippen LogP contribution in [-0.4, -0.2) is 14.8 Å². The molecule has 0 saturated carbocycles. The number of aromatic amines is 1. The van der Waals surface area contributed by atoms with Crippen LogP contribution in [0.25, 0.3) is 11.0 Å². The van der Waals surface area contributed by atoms with Crippen molar-refractivity contribution in [3.8, 4) is 0 Å². The second-order valence-electron chi connectivity index (χ2n) is 2.89. The highest BCUT2D eigenvalue weighted by Crippen LogP contribution is 2.12. The summed E-state index contributed by atoms with van der Waals surface area (Å²) < 4.78 is 1.29. The number of hydrogen-bond donors (Lipinski definition) is 2. The van der Waals surface area contributed by atoms with Gasteiger partial charge in [-0.1, -0.05) is 0 Å². The zero-order valence-electron chi connectivity index (χ0n) is 7.24. The lowest BCUT2D eigenvalue weighted by Crippen LogP contribution is -2.18. The maximum absolute atomic E-state index is 11.2. The summed E-state index contributed by atoms with van der Waals surface area (Å²) in [4.78, 5) is 14.2. The molecular formula is C8H10N4O. The van der Waals surface area contributed by atoms with Crippen LogP contribution in [0.4, 0.5) is 0 Å². The van der Waals surface area contributed by atoms with Crippen molar-refractivity contribution in [2.45, 2.75) is 6.54 Å². The van der Waals surface area contributed by atoms with Gasteiger partial charge in [0.2, 0.25) is 0 Å². The second kappa shape index (κ2) is 2.70. The molecule has 0 saturated heterocycles. The Kier molecular flexibility index (Phi) is 1.66. The van der Waals surface area contributed by atoms with Gasteiger partial charge in [-0.3, -0.25) is 4.79 Å². The Bertz CT molecular complexity index is 496. The minimum atomic E-state index is -0.123. The van der Waals surface area contributed by atoms with Crippen LogP contribution in [0.3, 0.4) is 0 Å². The molecule has 2 heterocycles. The molecule has 0 spiro atoms. The van der Waals surface area contributed by atoms with Crippen LogP contribution in [0.2, 0.25) is 0 Å². The third-order valence-corrected chi connectivity index (χ3v) is 2.04. The van der Waals surface area contributed by atoms with Gasteiger partial charge in [-0.05, 0) is 5.56 Å². The molecule has 0 aliphatic rings. The highest BCUT2D eigenvalue weighted by molar-refractivity contribution is 5.78. The van der Waals surface area contributed by atoms with Crippen LogP contribution >= 0.6 is 0 Å². The van der Waals surface area contributed by atoms with E-state index in [1.54, 1.807) is 19.3 Å². The van der Waals surface area contributed by atoms with Crippen LogP contribution in [0.5, 0.6) is 0 Å². The molecule has 5 heteroatoms. The molecule has 0 unspecified atom stereocenters. The van der Waals surface area contributed by atoms with E-state index >= 15 is 0 Å². The van der Waals surface area contributed by atoms with Gasteiger partial charge in [0.15, 0.2) is 5.65 Å². The summed E-state index contributed by atoms with van der Waals surface area (Å²) in [5, 5.41) is 4.85. The van der Waals surface area contributed by atoms with Gasteiger partial charge in [0.25, 0.3) is 5.56 Å². The molecule has 0 bridgehead atoms. The van der Waals surface area contributed by atoms with Crippen molar-refractivity contribution in [1.82, 2.24) is 14.8 Å². The summed E-state index contributed by atoms with van der Waals surface area (Å²) in [7, 11) is 1.62. The number of hydrogen-bond acceptors (Lipinski definition) is 3. The van der Waals surface area contributed by atoms with Gasteiger partial charge in [-0.15, -0.1) is 0 Å². The number of rotatable bonds is 1. The topological polar surface area (TPSA) is 76.7 Å². The molecule has 2 aromatic rings. The molecule has 0 radical (unpaired) electrons. The van der Waals surface area contributed by atoms with Crippen molar-refractivity contribution < 1.29 is 0 Å². The molecule has 0 amide bonds. The van der Waals surface area contributed by atoms with Gasteiger partial charge in [0.05, 0.1) is 0 Å². The largest absolute Gasteiger partial charge is 0.344 e. The van der Waals surface area contributed by atoms with E-state index in [-0.39, 0.29) is 5.56 Å². The van der Waals surface area contributed by atoms with Gasteiger partial charge in [0.1, 0.15) is 0 Å². The van der Waals surface area contributed by atoms with E-state index in [0.717, 1.165) is 10.9 Å². The number of fused-ring (bicyclic) bond motifs is 1. The van der Waals surface area contributed by atoms with Crippen molar-refractivity contribution >= 4 is 11.0 Å². The van der Waals surface area contributed by atoms with Crippen molar-refractivity contribution in [2.75, 3.05) is 0 Å². The average molecular weight is 178 g/mol. The summed E-state index contributed by atoms with van der Waals surface area (Å²) in [6.45, 7) is 0.412. The van der Waals surface area contributed by atoms with E-state index < -0.39 is 0 Å². The normalized spacial score (nSPS) is 10.9. The van der Waals surface area contributed by atoms with Crippen molar-refractivity contribution in [3.63, 3.8) is 0 Å². The Balaban J connectivity index is 2.84. The Labute approximate surface area is 74.2 Å². The van der Waals surface area contributed by atoms with Gasteiger partial charge in [0, 0.05) is 31.2 Å². The molecule has 13 heavy (non-hydrogen) atoms. The highest BCUT2D eigenvalue weighted by atomic mass is 16.1. The molecule has 2 rings (SSSR count). The first-order valence-electron chi connectivity index (χ1n) is 3.97. The monoisotopic (exact) mass is 178 g/mol. The average Bonchev–Trinajstić information content (AvgIpc) is 2.48. The first kappa shape index (κ1) is 8.00. The fraction of sp³-hybridized carbons (Fsp3) is 0.250. The number of aryl methyl sites for hydroxylation is 1. The number of nitrogens with zero attached hydrogens (tertiary/aromatic N) is 2. The zero-order chi connectivity index (χ0) is 9.42. The molecule has 68 valence electrons. The van der Waals surface area contributed by atoms with Gasteiger partial charge < -0.3 is 10.7 Å². The van der Waals surface area contributed by atoms with E-state index in [1.165, 1.54) is 4.68 Å². The van der Waals surface area contributed by atoms with Crippen molar-refractivity contribution in [3.05, 3.63) is 28.2 Å². The molecule has 0 aliphatic heterocycles. The SMILES string of the molecule is Cn1nc2[nH]cc(CN)c2cc1=O. The van der Waals surface area contributed by atoms with Crippen LogP contribution in [0.15, 0.2) is 17.1 Å². The minimum Gasteiger partial charge on any atom is -0.344 e. The lowest BCUT2D eigenvalue weighted by molar-refractivity contribution is 0.722. The summed E-state index contributed by atoms with van der Waals surface area (Å²) >= 11 is 0. The zero-order valence-corrected chi connectivity index (χ0v) is 7.24. The molecule has 0 aromatic carbocycles. The molecule has 2 aromatic heterocycles. The van der Waals surface area contributed by atoms with Crippen LogP contribution in [0, 0.1) is 0 Å². The second-order valence-corrected chi connectivity index (χ2v) is 2.89. The maximum atomic E-state index is 11.2. The van der Waals surface area contributed by atoms with E-state index in [0.29, 0.717) is 12.2 Å². The molecule has 5 nitrogen and oxygen atoms in total. The predicted octanol–water partition coefficient (Wildman–Crippen LogP) is -0.280. The van der Waals surface area contributed by atoms with Gasteiger partial charge >= 0.3 is 0 Å². The number of H-pyrrole nitrogens is 1. The fourth-order valence-electron chi connectivity index (χ4n) is 1.29. The molecule has 0 atom stereocenters. The fourth-order valence-corrected chi connectivity index (χ4v) is 1.29. The summed E-state index contributed by atoms with van der Waals surface area (Å²) in [6.07, 6.45) is 1.77. The Morgan fingerprint density at radius 1 is 1.69 bits per heavy atom. The third-order valence-electron chi connectivity index (χ3n) is 2.04. The molecule has 3 N–H and O–H groups in total. The number of aromatic nitrogens is 3. The van der Waals surface area contributed by atoms with Crippen LogP contribution in [0.1, 0.15) is 5.56 Å². The van der Waals surface area contributed by atoms with E-state index in [4.69, 9.17) is 5.73 Å². The first-order valence-corrected chi connectivity index (χ1v) is 3.97. The Morgan fingerprint density at radius 3 is 3.15 bits per heavy atom. The maximum Gasteiger partial charge on any atom is 0.267 e. The Morgan fingerprint density at radius 2 is 2.46 bits per heavy atom. The number of nitrogens with two attached hydrogens (primary N) is 1. The lowest BCUT2D eigenvalue weighted by Gasteiger charge is -1.95. The van der Waals surface area contributed by atoms with E-state index in [2.05, 4.69) is 10.1 Å². The first-order chi connectivity index (χ1) is 6.22. The van der Waals surface area contributed by atoms with E-state index in [1.807, 2.05) is 0 Å². The molecule has 0 fully saturated rings. The van der Waals surface area contributed by atoms with Crippen molar-refractivity contribution in [1.29, 1.82) is 0 Å². The number of nitrogens with one attached hydrogen (secondary N) is 1. The minimum absolute atomic E-state index is 0.123. The van der Waals surface area contributed by atoms with Gasteiger partial charge in [-0.2, -0.15) is 5.10 Å². The van der Waals surface area contributed by atoms with E-state index in [9.17, 15) is 4.79 Å². The quantitative estimate of drug-likeness (QED) is 0.630. The summed E-state index contributed by atoms with van der Waals surface area (Å²) in [6, 6.07) is 1.54. The van der Waals surface area contributed by atoms with Crippen LogP contribution < -0.4 is 11.3 Å². The Hall–Kier alpha value is -1.62. The van der Waals surface area contributed by atoms with Crippen molar-refractivity contribution in [2.24, 2.45) is 12.8 Å².